The fourth-order valence-electron chi connectivity index (χ4n) is 5.41. The maximum atomic E-state index is 13.1. The molecule has 0 fully saturated rings. The van der Waals surface area contributed by atoms with Gasteiger partial charge in [-0.15, -0.1) is 0 Å². The third-order valence-electron chi connectivity index (χ3n) is 6.80. The van der Waals surface area contributed by atoms with Crippen LogP contribution >= 0.6 is 0 Å². The van der Waals surface area contributed by atoms with Gasteiger partial charge in [-0.25, -0.2) is 0 Å². The van der Waals surface area contributed by atoms with Crippen molar-refractivity contribution in [3.8, 4) is 0 Å². The Morgan fingerprint density at radius 2 is 1.70 bits per heavy atom. The zero-order chi connectivity index (χ0) is 25.0. The van der Waals surface area contributed by atoms with Crippen LogP contribution < -0.4 is 0 Å². The van der Waals surface area contributed by atoms with Gasteiger partial charge in [-0.1, -0.05) is 72.4 Å². The number of Topliss-reactive ketones (excluding diaryl/α,β-unsaturated/α-hetero) is 3. The molecular weight excluding hydrogens is 408 g/mol. The van der Waals surface area contributed by atoms with Gasteiger partial charge >= 0.3 is 0 Å². The lowest BCUT2D eigenvalue weighted by Crippen LogP contribution is -2.30. The van der Waals surface area contributed by atoms with Gasteiger partial charge in [0.25, 0.3) is 0 Å². The van der Waals surface area contributed by atoms with E-state index >= 15 is 0 Å². The molecule has 0 aromatic heterocycles. The van der Waals surface area contributed by atoms with Crippen molar-refractivity contribution >= 4 is 17.3 Å². The molecule has 1 aliphatic carbocycles. The number of rotatable bonds is 12. The Bertz CT molecular complexity index is 777. The molecule has 0 saturated heterocycles. The second-order valence-corrected chi connectivity index (χ2v) is 10.0. The summed E-state index contributed by atoms with van der Waals surface area (Å²) in [6.07, 6.45) is 9.83. The molecule has 1 aromatic rings. The average molecular weight is 457 g/mol. The zero-order valence-corrected chi connectivity index (χ0v) is 22.4. The number of carbonyl (C=O) groups excluding carboxylic acids is 3. The van der Waals surface area contributed by atoms with Gasteiger partial charge in [-0.3, -0.25) is 14.4 Å². The quantitative estimate of drug-likeness (QED) is 0.301. The predicted molar refractivity (Wildman–Crippen MR) is 139 cm³/mol. The summed E-state index contributed by atoms with van der Waals surface area (Å²) in [5, 5.41) is 0. The monoisotopic (exact) mass is 456 g/mol. The highest BCUT2D eigenvalue weighted by Crippen LogP contribution is 2.37. The van der Waals surface area contributed by atoms with Crippen molar-refractivity contribution in [1.82, 2.24) is 0 Å². The number of hydrogen-bond acceptors (Lipinski definition) is 3. The van der Waals surface area contributed by atoms with Crippen LogP contribution in [0.4, 0.5) is 0 Å². The normalized spacial score (nSPS) is 16.9. The van der Waals surface area contributed by atoms with Gasteiger partial charge in [-0.2, -0.15) is 0 Å². The molecule has 1 aliphatic rings. The Hall–Kier alpha value is -1.77. The van der Waals surface area contributed by atoms with E-state index in [-0.39, 0.29) is 35.6 Å². The van der Waals surface area contributed by atoms with E-state index < -0.39 is 0 Å². The SMILES string of the molecule is CCC.CCCCc1ccc(C)c2c1CC(CC(CCC)C(CC)C(=O)CC(C)=O)CC2=O. The van der Waals surface area contributed by atoms with Gasteiger partial charge < -0.3 is 0 Å². The lowest BCUT2D eigenvalue weighted by molar-refractivity contribution is -0.129. The van der Waals surface area contributed by atoms with Crippen molar-refractivity contribution < 1.29 is 14.4 Å². The summed E-state index contributed by atoms with van der Waals surface area (Å²) >= 11 is 0. The Labute approximate surface area is 203 Å². The minimum Gasteiger partial charge on any atom is -0.300 e. The summed E-state index contributed by atoms with van der Waals surface area (Å²) in [7, 11) is 0. The molecule has 0 spiro atoms. The third-order valence-corrected chi connectivity index (χ3v) is 6.80. The van der Waals surface area contributed by atoms with Gasteiger partial charge in [0.1, 0.15) is 11.6 Å². The zero-order valence-electron chi connectivity index (χ0n) is 22.4. The average Bonchev–Trinajstić information content (AvgIpc) is 2.73. The van der Waals surface area contributed by atoms with Crippen LogP contribution in [0.25, 0.3) is 0 Å². The molecule has 3 atom stereocenters. The molecule has 1 aromatic carbocycles. The standard InChI is InChI=1S/C27H40O3.C3H8/c1-6-9-11-21-13-12-18(4)27-24(21)16-20(17-26(27)30)15-22(10-7-2)23(8-3)25(29)14-19(5)28;1-3-2/h12-13,20,22-23H,6-11,14-17H2,1-5H3;3H2,1-2H3. The first-order valence-corrected chi connectivity index (χ1v) is 13.4. The van der Waals surface area contributed by atoms with Gasteiger partial charge in [0.15, 0.2) is 5.78 Å². The van der Waals surface area contributed by atoms with Gasteiger partial charge in [0.05, 0.1) is 6.42 Å². The van der Waals surface area contributed by atoms with Crippen molar-refractivity contribution in [2.45, 2.75) is 119 Å². The van der Waals surface area contributed by atoms with Crippen LogP contribution in [0, 0.1) is 24.7 Å². The second-order valence-electron chi connectivity index (χ2n) is 10.0. The number of benzene rings is 1. The number of unbranched alkanes of at least 4 members (excludes halogenated alkanes) is 1. The van der Waals surface area contributed by atoms with Crippen molar-refractivity contribution in [1.29, 1.82) is 0 Å². The van der Waals surface area contributed by atoms with Crippen LogP contribution in [0.5, 0.6) is 0 Å². The maximum absolute atomic E-state index is 13.1. The number of hydrogen-bond donors (Lipinski definition) is 0. The molecule has 3 nitrogen and oxygen atoms in total. The van der Waals surface area contributed by atoms with Crippen LogP contribution in [0.1, 0.15) is 126 Å². The lowest BCUT2D eigenvalue weighted by atomic mass is 9.71. The molecule has 0 amide bonds. The number of aryl methyl sites for hydroxylation is 2. The van der Waals surface area contributed by atoms with E-state index in [0.29, 0.717) is 12.3 Å². The molecule has 3 heteroatoms. The molecule has 0 bridgehead atoms. The summed E-state index contributed by atoms with van der Waals surface area (Å²) in [5.41, 5.74) is 4.67. The number of carbonyl (C=O) groups is 3. The predicted octanol–water partition coefficient (Wildman–Crippen LogP) is 7.88. The smallest absolute Gasteiger partial charge is 0.163 e. The summed E-state index contributed by atoms with van der Waals surface area (Å²) in [6.45, 7) is 14.2. The van der Waals surface area contributed by atoms with Gasteiger partial charge in [0, 0.05) is 17.9 Å². The fourth-order valence-corrected chi connectivity index (χ4v) is 5.41. The number of fused-ring (bicyclic) bond motifs is 1. The molecule has 0 heterocycles. The van der Waals surface area contributed by atoms with E-state index in [0.717, 1.165) is 62.5 Å². The molecule has 33 heavy (non-hydrogen) atoms. The first kappa shape index (κ1) is 29.3. The van der Waals surface area contributed by atoms with E-state index in [1.807, 2.05) is 6.92 Å². The fraction of sp³-hybridized carbons (Fsp3) is 0.700. The topological polar surface area (TPSA) is 51.2 Å². The summed E-state index contributed by atoms with van der Waals surface area (Å²) in [4.78, 5) is 37.3. The van der Waals surface area contributed by atoms with E-state index in [2.05, 4.69) is 46.8 Å². The highest BCUT2D eigenvalue weighted by Gasteiger charge is 2.33. The minimum atomic E-state index is -0.0672. The van der Waals surface area contributed by atoms with E-state index in [1.54, 1.807) is 0 Å². The Morgan fingerprint density at radius 3 is 2.24 bits per heavy atom. The summed E-state index contributed by atoms with van der Waals surface area (Å²) < 4.78 is 0. The van der Waals surface area contributed by atoms with Gasteiger partial charge in [0.2, 0.25) is 0 Å². The molecule has 2 rings (SSSR count). The Balaban J connectivity index is 0.00000172. The van der Waals surface area contributed by atoms with Gasteiger partial charge in [-0.05, 0) is 74.5 Å². The van der Waals surface area contributed by atoms with E-state index in [1.165, 1.54) is 24.5 Å². The maximum Gasteiger partial charge on any atom is 0.163 e. The molecule has 3 unspecified atom stereocenters. The first-order valence-electron chi connectivity index (χ1n) is 13.4. The van der Waals surface area contributed by atoms with Crippen LogP contribution in [-0.2, 0) is 22.4 Å². The van der Waals surface area contributed by atoms with Crippen molar-refractivity contribution in [2.75, 3.05) is 0 Å². The highest BCUT2D eigenvalue weighted by atomic mass is 16.1. The minimum absolute atomic E-state index is 0.0471. The first-order chi connectivity index (χ1) is 15.7. The molecule has 186 valence electrons. The molecular formula is C30H48O3. The number of ketones is 3. The summed E-state index contributed by atoms with van der Waals surface area (Å²) in [5.74, 6) is 0.799. The van der Waals surface area contributed by atoms with Crippen LogP contribution in [0.15, 0.2) is 12.1 Å². The lowest BCUT2D eigenvalue weighted by Gasteiger charge is -2.32. The molecule has 0 aliphatic heterocycles. The van der Waals surface area contributed by atoms with Crippen molar-refractivity contribution in [3.63, 3.8) is 0 Å². The van der Waals surface area contributed by atoms with E-state index in [9.17, 15) is 14.4 Å². The Morgan fingerprint density at radius 1 is 1.03 bits per heavy atom. The molecule has 0 radical (unpaired) electrons. The van der Waals surface area contributed by atoms with Crippen LogP contribution in [0.2, 0.25) is 0 Å². The molecule has 0 N–H and O–H groups in total. The second kappa shape index (κ2) is 15.2. The largest absolute Gasteiger partial charge is 0.300 e. The van der Waals surface area contributed by atoms with Crippen molar-refractivity contribution in [2.24, 2.45) is 17.8 Å². The Kier molecular flexibility index (Phi) is 13.5. The van der Waals surface area contributed by atoms with Crippen molar-refractivity contribution in [3.05, 3.63) is 34.4 Å². The van der Waals surface area contributed by atoms with Crippen LogP contribution in [-0.4, -0.2) is 17.3 Å². The summed E-state index contributed by atoms with van der Waals surface area (Å²) in [6, 6.07) is 4.32. The third kappa shape index (κ3) is 8.83. The van der Waals surface area contributed by atoms with E-state index in [4.69, 9.17) is 0 Å². The molecule has 0 saturated carbocycles. The van der Waals surface area contributed by atoms with Crippen LogP contribution in [0.3, 0.4) is 0 Å². The highest BCUT2D eigenvalue weighted by molar-refractivity contribution is 6.00.